The SMILES string of the molecule is FC1CN(c2ncc3c(n2)CNCC3)C1. The van der Waals surface area contributed by atoms with E-state index in [1.165, 1.54) is 5.56 Å². The number of anilines is 1. The Morgan fingerprint density at radius 1 is 1.47 bits per heavy atom. The summed E-state index contributed by atoms with van der Waals surface area (Å²) >= 11 is 0. The Morgan fingerprint density at radius 2 is 2.33 bits per heavy atom. The molecule has 2 aliphatic rings. The van der Waals surface area contributed by atoms with Gasteiger partial charge in [-0.15, -0.1) is 0 Å². The van der Waals surface area contributed by atoms with Gasteiger partial charge in [-0.05, 0) is 18.5 Å². The van der Waals surface area contributed by atoms with Crippen molar-refractivity contribution >= 4 is 5.95 Å². The van der Waals surface area contributed by atoms with Crippen LogP contribution in [-0.4, -0.2) is 35.8 Å². The van der Waals surface area contributed by atoms with Crippen molar-refractivity contribution in [3.63, 3.8) is 0 Å². The van der Waals surface area contributed by atoms with Gasteiger partial charge in [0.2, 0.25) is 5.95 Å². The number of halogens is 1. The van der Waals surface area contributed by atoms with Crippen LogP contribution in [0.4, 0.5) is 10.3 Å². The molecule has 0 radical (unpaired) electrons. The van der Waals surface area contributed by atoms with Crippen LogP contribution in [0.15, 0.2) is 6.20 Å². The molecular formula is C10H13FN4. The van der Waals surface area contributed by atoms with Gasteiger partial charge in [-0.1, -0.05) is 0 Å². The summed E-state index contributed by atoms with van der Waals surface area (Å²) in [6.07, 6.45) is 2.16. The maximum Gasteiger partial charge on any atom is 0.225 e. The van der Waals surface area contributed by atoms with Crippen LogP contribution in [0, 0.1) is 0 Å². The van der Waals surface area contributed by atoms with Crippen molar-refractivity contribution < 1.29 is 4.39 Å². The average molecular weight is 208 g/mol. The first-order valence-corrected chi connectivity index (χ1v) is 5.27. The molecule has 3 heterocycles. The second kappa shape index (κ2) is 3.41. The number of aromatic nitrogens is 2. The molecule has 3 rings (SSSR count). The Labute approximate surface area is 87.5 Å². The number of hydrogen-bond acceptors (Lipinski definition) is 4. The van der Waals surface area contributed by atoms with E-state index >= 15 is 0 Å². The molecule has 2 aliphatic heterocycles. The lowest BCUT2D eigenvalue weighted by Crippen LogP contribution is -2.49. The van der Waals surface area contributed by atoms with Gasteiger partial charge in [0.1, 0.15) is 6.17 Å². The second-order valence-corrected chi connectivity index (χ2v) is 4.07. The minimum absolute atomic E-state index is 0.437. The fourth-order valence-electron chi connectivity index (χ4n) is 1.96. The number of hydrogen-bond donors (Lipinski definition) is 1. The summed E-state index contributed by atoms with van der Waals surface area (Å²) in [6.45, 7) is 2.67. The third kappa shape index (κ3) is 1.56. The Bertz CT molecular complexity index is 376. The lowest BCUT2D eigenvalue weighted by Gasteiger charge is -2.34. The van der Waals surface area contributed by atoms with E-state index < -0.39 is 6.17 Å². The van der Waals surface area contributed by atoms with Crippen LogP contribution in [0.3, 0.4) is 0 Å². The van der Waals surface area contributed by atoms with E-state index in [4.69, 9.17) is 0 Å². The number of alkyl halides is 1. The Morgan fingerprint density at radius 3 is 3.13 bits per heavy atom. The molecule has 0 spiro atoms. The highest BCUT2D eigenvalue weighted by Crippen LogP contribution is 2.20. The molecule has 1 aromatic rings. The summed E-state index contributed by atoms with van der Waals surface area (Å²) in [5.74, 6) is 0.673. The van der Waals surface area contributed by atoms with Crippen LogP contribution in [0.25, 0.3) is 0 Å². The predicted molar refractivity (Wildman–Crippen MR) is 54.6 cm³/mol. The molecule has 80 valence electrons. The minimum Gasteiger partial charge on any atom is -0.335 e. The van der Waals surface area contributed by atoms with E-state index in [0.717, 1.165) is 25.2 Å². The van der Waals surface area contributed by atoms with Crippen molar-refractivity contribution in [3.05, 3.63) is 17.5 Å². The molecule has 0 aliphatic carbocycles. The monoisotopic (exact) mass is 208 g/mol. The third-order valence-electron chi connectivity index (χ3n) is 2.92. The maximum atomic E-state index is 12.7. The molecular weight excluding hydrogens is 195 g/mol. The zero-order valence-electron chi connectivity index (χ0n) is 8.41. The Kier molecular flexibility index (Phi) is 2.05. The summed E-state index contributed by atoms with van der Waals surface area (Å²) < 4.78 is 12.7. The van der Waals surface area contributed by atoms with Gasteiger partial charge in [-0.25, -0.2) is 14.4 Å². The molecule has 0 bridgehead atoms. The van der Waals surface area contributed by atoms with E-state index in [1.54, 1.807) is 0 Å². The molecule has 0 unspecified atom stereocenters. The standard InChI is InChI=1S/C10H13FN4/c11-8-5-15(6-8)10-13-3-7-1-2-12-4-9(7)14-10/h3,8,12H,1-2,4-6H2. The number of fused-ring (bicyclic) bond motifs is 1. The molecule has 0 aromatic carbocycles. The van der Waals surface area contributed by atoms with Crippen LogP contribution in [-0.2, 0) is 13.0 Å². The van der Waals surface area contributed by atoms with Crippen molar-refractivity contribution in [3.8, 4) is 0 Å². The normalized spacial score (nSPS) is 21.0. The fourth-order valence-corrected chi connectivity index (χ4v) is 1.96. The second-order valence-electron chi connectivity index (χ2n) is 4.07. The van der Waals surface area contributed by atoms with Crippen LogP contribution in [0.5, 0.6) is 0 Å². The highest BCUT2D eigenvalue weighted by Gasteiger charge is 2.28. The van der Waals surface area contributed by atoms with Gasteiger partial charge < -0.3 is 10.2 Å². The summed E-state index contributed by atoms with van der Waals surface area (Å²) in [5.41, 5.74) is 2.28. The summed E-state index contributed by atoms with van der Waals surface area (Å²) in [7, 11) is 0. The first-order valence-electron chi connectivity index (χ1n) is 5.27. The maximum absolute atomic E-state index is 12.7. The van der Waals surface area contributed by atoms with Crippen molar-refractivity contribution in [2.75, 3.05) is 24.5 Å². The van der Waals surface area contributed by atoms with Crippen molar-refractivity contribution in [2.24, 2.45) is 0 Å². The topological polar surface area (TPSA) is 41.1 Å². The highest BCUT2D eigenvalue weighted by molar-refractivity contribution is 5.37. The van der Waals surface area contributed by atoms with Crippen LogP contribution in [0.1, 0.15) is 11.3 Å². The van der Waals surface area contributed by atoms with Crippen molar-refractivity contribution in [1.82, 2.24) is 15.3 Å². The van der Waals surface area contributed by atoms with Crippen LogP contribution < -0.4 is 10.2 Å². The quantitative estimate of drug-likeness (QED) is 0.719. The molecule has 4 nitrogen and oxygen atoms in total. The Balaban J connectivity index is 1.85. The molecule has 0 atom stereocenters. The van der Waals surface area contributed by atoms with Crippen LogP contribution in [0.2, 0.25) is 0 Å². The van der Waals surface area contributed by atoms with E-state index in [1.807, 2.05) is 11.1 Å². The largest absolute Gasteiger partial charge is 0.335 e. The van der Waals surface area contributed by atoms with Crippen molar-refractivity contribution in [2.45, 2.75) is 19.1 Å². The zero-order valence-corrected chi connectivity index (χ0v) is 8.41. The molecule has 1 N–H and O–H groups in total. The first-order chi connectivity index (χ1) is 7.33. The van der Waals surface area contributed by atoms with Gasteiger partial charge in [0.05, 0.1) is 18.8 Å². The first kappa shape index (κ1) is 9.03. The average Bonchev–Trinajstić information content (AvgIpc) is 2.24. The van der Waals surface area contributed by atoms with Gasteiger partial charge >= 0.3 is 0 Å². The number of nitrogens with one attached hydrogen (secondary N) is 1. The number of nitrogens with zero attached hydrogens (tertiary/aromatic N) is 3. The summed E-state index contributed by atoms with van der Waals surface area (Å²) in [6, 6.07) is 0. The highest BCUT2D eigenvalue weighted by atomic mass is 19.1. The molecule has 1 aromatic heterocycles. The summed E-state index contributed by atoms with van der Waals surface area (Å²) in [4.78, 5) is 10.6. The van der Waals surface area contributed by atoms with E-state index in [-0.39, 0.29) is 0 Å². The molecule has 0 saturated carbocycles. The lowest BCUT2D eigenvalue weighted by molar-refractivity contribution is 0.271. The molecule has 1 saturated heterocycles. The van der Waals surface area contributed by atoms with E-state index in [2.05, 4.69) is 15.3 Å². The predicted octanol–water partition coefficient (Wildman–Crippen LogP) is 0.280. The fraction of sp³-hybridized carbons (Fsp3) is 0.600. The molecule has 15 heavy (non-hydrogen) atoms. The van der Waals surface area contributed by atoms with Crippen LogP contribution >= 0.6 is 0 Å². The molecule has 0 amide bonds. The van der Waals surface area contributed by atoms with Gasteiger partial charge in [0.25, 0.3) is 0 Å². The number of rotatable bonds is 1. The zero-order chi connectivity index (χ0) is 10.3. The van der Waals surface area contributed by atoms with E-state index in [0.29, 0.717) is 19.0 Å². The Hall–Kier alpha value is -1.23. The summed E-state index contributed by atoms with van der Waals surface area (Å²) in [5, 5.41) is 3.27. The lowest BCUT2D eigenvalue weighted by atomic mass is 10.1. The smallest absolute Gasteiger partial charge is 0.225 e. The third-order valence-corrected chi connectivity index (χ3v) is 2.92. The van der Waals surface area contributed by atoms with Gasteiger partial charge in [0.15, 0.2) is 0 Å². The van der Waals surface area contributed by atoms with E-state index in [9.17, 15) is 4.39 Å². The van der Waals surface area contributed by atoms with Gasteiger partial charge in [-0.3, -0.25) is 0 Å². The van der Waals surface area contributed by atoms with Crippen molar-refractivity contribution in [1.29, 1.82) is 0 Å². The minimum atomic E-state index is -0.706. The molecule has 5 heteroatoms. The van der Waals surface area contributed by atoms with Gasteiger partial charge in [-0.2, -0.15) is 0 Å². The molecule has 1 fully saturated rings. The van der Waals surface area contributed by atoms with Gasteiger partial charge in [0, 0.05) is 12.7 Å².